The van der Waals surface area contributed by atoms with E-state index in [1.54, 1.807) is 13.0 Å². The molecular formula is C21H21F4N3O2. The van der Waals surface area contributed by atoms with Gasteiger partial charge in [-0.05, 0) is 31.9 Å². The van der Waals surface area contributed by atoms with E-state index in [0.29, 0.717) is 29.1 Å². The summed E-state index contributed by atoms with van der Waals surface area (Å²) in [7, 11) is 0. The van der Waals surface area contributed by atoms with Gasteiger partial charge in [0.1, 0.15) is 11.6 Å². The third kappa shape index (κ3) is 3.96. The number of ether oxygens (including phenoxy) is 1. The maximum Gasteiger partial charge on any atom is 0.422 e. The molecular weight excluding hydrogens is 402 g/mol. The average Bonchev–Trinajstić information content (AvgIpc) is 2.68. The molecule has 1 aliphatic heterocycles. The predicted octanol–water partition coefficient (Wildman–Crippen LogP) is 4.61. The maximum absolute atomic E-state index is 14.7. The second-order valence-corrected chi connectivity index (χ2v) is 7.02. The summed E-state index contributed by atoms with van der Waals surface area (Å²) in [6.07, 6.45) is -4.09. The number of hydrogen-bond acceptors (Lipinski definition) is 5. The summed E-state index contributed by atoms with van der Waals surface area (Å²) in [4.78, 5) is 17.2. The summed E-state index contributed by atoms with van der Waals surface area (Å²) < 4.78 is 57.1. The number of allylic oxidation sites excluding steroid dienone is 1. The van der Waals surface area contributed by atoms with Crippen molar-refractivity contribution >= 4 is 17.5 Å². The van der Waals surface area contributed by atoms with E-state index in [1.807, 2.05) is 6.92 Å². The third-order valence-electron chi connectivity index (χ3n) is 5.05. The average molecular weight is 423 g/mol. The van der Waals surface area contributed by atoms with E-state index in [1.165, 1.54) is 25.1 Å². The summed E-state index contributed by atoms with van der Waals surface area (Å²) >= 11 is 0. The number of aromatic nitrogens is 1. The molecule has 1 unspecified atom stereocenters. The second kappa shape index (κ2) is 7.97. The van der Waals surface area contributed by atoms with Crippen LogP contribution in [0.25, 0.3) is 0 Å². The Labute approximate surface area is 170 Å². The molecule has 0 fully saturated rings. The van der Waals surface area contributed by atoms with Crippen molar-refractivity contribution in [3.63, 3.8) is 0 Å². The molecule has 3 rings (SSSR count). The highest BCUT2D eigenvalue weighted by atomic mass is 19.4. The lowest BCUT2D eigenvalue weighted by atomic mass is 9.80. The van der Waals surface area contributed by atoms with Gasteiger partial charge in [-0.1, -0.05) is 25.1 Å². The van der Waals surface area contributed by atoms with E-state index < -0.39 is 30.5 Å². The molecule has 0 bridgehead atoms. The number of nitrogen functional groups attached to an aromatic ring is 1. The molecule has 5 nitrogen and oxygen atoms in total. The van der Waals surface area contributed by atoms with Crippen LogP contribution in [0.3, 0.4) is 0 Å². The number of halogens is 4. The zero-order valence-corrected chi connectivity index (χ0v) is 16.7. The van der Waals surface area contributed by atoms with Crippen molar-refractivity contribution in [1.82, 2.24) is 4.98 Å². The number of nitrogens with one attached hydrogen (secondary N) is 1. The van der Waals surface area contributed by atoms with Crippen molar-refractivity contribution in [2.75, 3.05) is 17.7 Å². The number of hydrogen-bond donors (Lipinski definition) is 2. The Balaban J connectivity index is 2.22. The molecule has 1 aliphatic rings. The van der Waals surface area contributed by atoms with Crippen molar-refractivity contribution in [2.45, 2.75) is 39.3 Å². The third-order valence-corrected chi connectivity index (χ3v) is 5.05. The molecule has 0 saturated heterocycles. The van der Waals surface area contributed by atoms with Gasteiger partial charge in [0.2, 0.25) is 0 Å². The fourth-order valence-electron chi connectivity index (χ4n) is 3.62. The normalized spacial score (nSPS) is 16.2. The summed E-state index contributed by atoms with van der Waals surface area (Å²) in [5.41, 5.74) is 8.55. The summed E-state index contributed by atoms with van der Waals surface area (Å²) in [5, 5.41) is 2.93. The number of fused-ring (bicyclic) bond motifs is 1. The number of esters is 1. The minimum atomic E-state index is -4.69. The van der Waals surface area contributed by atoms with Crippen LogP contribution in [-0.2, 0) is 16.0 Å². The van der Waals surface area contributed by atoms with Gasteiger partial charge in [0, 0.05) is 28.2 Å². The monoisotopic (exact) mass is 423 g/mol. The molecule has 1 aromatic heterocycles. The molecule has 1 atom stereocenters. The Morgan fingerprint density at radius 1 is 1.27 bits per heavy atom. The van der Waals surface area contributed by atoms with Gasteiger partial charge in [-0.25, -0.2) is 14.2 Å². The van der Waals surface area contributed by atoms with Gasteiger partial charge in [-0.3, -0.25) is 0 Å². The molecule has 1 aromatic carbocycles. The van der Waals surface area contributed by atoms with Crippen molar-refractivity contribution in [1.29, 1.82) is 0 Å². The number of alkyl halides is 3. The number of rotatable bonds is 4. The highest BCUT2D eigenvalue weighted by molar-refractivity contribution is 5.95. The van der Waals surface area contributed by atoms with Crippen LogP contribution in [0.1, 0.15) is 42.1 Å². The number of aryl methyl sites for hydroxylation is 1. The van der Waals surface area contributed by atoms with E-state index in [-0.39, 0.29) is 16.8 Å². The minimum Gasteiger partial charge on any atom is -0.453 e. The van der Waals surface area contributed by atoms with E-state index >= 15 is 0 Å². The second-order valence-electron chi connectivity index (χ2n) is 7.02. The lowest BCUT2D eigenvalue weighted by Crippen LogP contribution is -2.29. The van der Waals surface area contributed by atoms with E-state index in [0.717, 1.165) is 5.69 Å². The number of benzene rings is 1. The van der Waals surface area contributed by atoms with Crippen LogP contribution in [0.4, 0.5) is 29.1 Å². The fourth-order valence-corrected chi connectivity index (χ4v) is 3.62. The molecule has 30 heavy (non-hydrogen) atoms. The van der Waals surface area contributed by atoms with Crippen LogP contribution in [-0.4, -0.2) is 23.7 Å². The Bertz CT molecular complexity index is 1030. The number of nitrogens with zero attached hydrogens (tertiary/aromatic N) is 1. The topological polar surface area (TPSA) is 77.2 Å². The Hall–Kier alpha value is -3.10. The molecule has 0 amide bonds. The first-order chi connectivity index (χ1) is 14.0. The maximum atomic E-state index is 14.7. The number of nitrogens with two attached hydrogens (primary N) is 1. The predicted molar refractivity (Wildman–Crippen MR) is 104 cm³/mol. The van der Waals surface area contributed by atoms with Gasteiger partial charge in [-0.2, -0.15) is 13.2 Å². The van der Waals surface area contributed by atoms with Gasteiger partial charge in [0.05, 0.1) is 11.5 Å². The van der Waals surface area contributed by atoms with Crippen LogP contribution >= 0.6 is 0 Å². The zero-order valence-electron chi connectivity index (χ0n) is 16.7. The highest BCUT2D eigenvalue weighted by Gasteiger charge is 2.39. The molecule has 160 valence electrons. The quantitative estimate of drug-likeness (QED) is 0.555. The molecule has 9 heteroatoms. The van der Waals surface area contributed by atoms with Crippen LogP contribution in [0.2, 0.25) is 0 Å². The lowest BCUT2D eigenvalue weighted by molar-refractivity contribution is -0.183. The Morgan fingerprint density at radius 2 is 1.93 bits per heavy atom. The fraction of sp³-hybridized carbons (Fsp3) is 0.333. The summed E-state index contributed by atoms with van der Waals surface area (Å²) in [5.74, 6) is -2.55. The van der Waals surface area contributed by atoms with E-state index in [9.17, 15) is 22.4 Å². The number of carbonyl (C=O) groups excluding carboxylic acids is 1. The lowest BCUT2D eigenvalue weighted by Gasteiger charge is -2.32. The van der Waals surface area contributed by atoms with Crippen LogP contribution in [0.15, 0.2) is 35.5 Å². The molecule has 0 spiro atoms. The molecule has 2 aromatic rings. The van der Waals surface area contributed by atoms with Crippen molar-refractivity contribution in [3.05, 3.63) is 63.7 Å². The summed E-state index contributed by atoms with van der Waals surface area (Å²) in [6.45, 7) is 3.42. The molecule has 3 N–H and O–H groups in total. The van der Waals surface area contributed by atoms with Crippen LogP contribution in [0, 0.1) is 12.7 Å². The highest BCUT2D eigenvalue weighted by Crippen LogP contribution is 2.46. The number of pyridine rings is 1. The summed E-state index contributed by atoms with van der Waals surface area (Å²) in [6, 6.07) is 5.72. The standard InChI is InChI=1S/C21H21F4N3O2/c1-4-14-10(2)18(26)17-16(12-7-5-6-8-13(12)22)15(11(3)27-19(17)28-14)20(29)30-9-21(23,24)25/h5-8,16H,4,9H2,1-3H3,(H3,26,27,28). The Kier molecular flexibility index (Phi) is 5.74. The Morgan fingerprint density at radius 3 is 2.53 bits per heavy atom. The van der Waals surface area contributed by atoms with E-state index in [2.05, 4.69) is 15.0 Å². The van der Waals surface area contributed by atoms with Crippen molar-refractivity contribution in [3.8, 4) is 0 Å². The van der Waals surface area contributed by atoms with Gasteiger partial charge >= 0.3 is 12.1 Å². The molecule has 0 saturated carbocycles. The zero-order chi connectivity index (χ0) is 22.2. The largest absolute Gasteiger partial charge is 0.453 e. The van der Waals surface area contributed by atoms with Crippen molar-refractivity contribution < 1.29 is 27.1 Å². The first-order valence-electron chi connectivity index (χ1n) is 9.30. The van der Waals surface area contributed by atoms with Crippen molar-refractivity contribution in [2.24, 2.45) is 0 Å². The van der Waals surface area contributed by atoms with Crippen LogP contribution in [0.5, 0.6) is 0 Å². The smallest absolute Gasteiger partial charge is 0.422 e. The van der Waals surface area contributed by atoms with Gasteiger partial charge in [-0.15, -0.1) is 0 Å². The number of anilines is 2. The minimum absolute atomic E-state index is 0.0932. The van der Waals surface area contributed by atoms with Crippen LogP contribution < -0.4 is 11.1 Å². The van der Waals surface area contributed by atoms with E-state index in [4.69, 9.17) is 5.73 Å². The molecule has 2 heterocycles. The SMILES string of the molecule is CCc1nc2c(c(N)c1C)C(c1ccccc1F)C(C(=O)OCC(F)(F)F)=C(C)N2. The molecule has 0 radical (unpaired) electrons. The first-order valence-corrected chi connectivity index (χ1v) is 9.30. The van der Waals surface area contributed by atoms with Gasteiger partial charge in [0.25, 0.3) is 0 Å². The van der Waals surface area contributed by atoms with Gasteiger partial charge < -0.3 is 15.8 Å². The van der Waals surface area contributed by atoms with Gasteiger partial charge in [0.15, 0.2) is 6.61 Å². The first kappa shape index (κ1) is 21.6. The number of carbonyl (C=O) groups is 1. The molecule has 0 aliphatic carbocycles.